The predicted molar refractivity (Wildman–Crippen MR) is 82.1 cm³/mol. The fraction of sp³-hybridized carbons (Fsp3) is 0.500. The van der Waals surface area contributed by atoms with Crippen LogP contribution >= 0.6 is 0 Å². The van der Waals surface area contributed by atoms with Crippen LogP contribution in [0, 0.1) is 0 Å². The van der Waals surface area contributed by atoms with Crippen LogP contribution < -0.4 is 10.1 Å². The first kappa shape index (κ1) is 15.5. The molecule has 0 fully saturated rings. The summed E-state index contributed by atoms with van der Waals surface area (Å²) in [6.45, 7) is 7.67. The van der Waals surface area contributed by atoms with Gasteiger partial charge in [-0.15, -0.1) is 0 Å². The first-order valence-electron chi connectivity index (χ1n) is 7.48. The normalized spacial score (nSPS) is 11.0. The quantitative estimate of drug-likeness (QED) is 0.755. The molecule has 21 heavy (non-hydrogen) atoms. The number of ether oxygens (including phenoxy) is 1. The second kappa shape index (κ2) is 7.78. The zero-order chi connectivity index (χ0) is 15.1. The molecule has 0 amide bonds. The van der Waals surface area contributed by atoms with E-state index in [1.54, 1.807) is 0 Å². The summed E-state index contributed by atoms with van der Waals surface area (Å²) < 4.78 is 10.9. The van der Waals surface area contributed by atoms with Gasteiger partial charge in [-0.1, -0.05) is 32.3 Å². The van der Waals surface area contributed by atoms with Gasteiger partial charge in [-0.25, -0.2) is 0 Å². The second-order valence-corrected chi connectivity index (χ2v) is 5.28. The number of hydrogen-bond donors (Lipinski definition) is 1. The van der Waals surface area contributed by atoms with Gasteiger partial charge >= 0.3 is 0 Å². The lowest BCUT2D eigenvalue weighted by Crippen LogP contribution is -2.22. The molecule has 1 heterocycles. The third kappa shape index (κ3) is 4.86. The third-order valence-electron chi connectivity index (χ3n) is 3.00. The molecule has 0 aliphatic heterocycles. The highest BCUT2D eigenvalue weighted by atomic mass is 16.5. The van der Waals surface area contributed by atoms with Crippen LogP contribution in [0.1, 0.15) is 39.4 Å². The van der Waals surface area contributed by atoms with Crippen LogP contribution in [0.5, 0.6) is 5.75 Å². The Balaban J connectivity index is 1.95. The summed E-state index contributed by atoms with van der Waals surface area (Å²) in [4.78, 5) is 4.38. The van der Waals surface area contributed by atoms with Crippen LogP contribution in [0.3, 0.4) is 0 Å². The number of nitrogens with one attached hydrogen (secondary N) is 1. The molecule has 1 N–H and O–H groups in total. The van der Waals surface area contributed by atoms with E-state index < -0.39 is 0 Å². The zero-order valence-corrected chi connectivity index (χ0v) is 12.9. The van der Waals surface area contributed by atoms with Crippen molar-refractivity contribution < 1.29 is 9.26 Å². The molecule has 0 aliphatic carbocycles. The lowest BCUT2D eigenvalue weighted by molar-refractivity contribution is 0.309. The molecule has 0 spiro atoms. The molecule has 0 atom stereocenters. The van der Waals surface area contributed by atoms with Crippen molar-refractivity contribution in [3.8, 4) is 17.2 Å². The van der Waals surface area contributed by atoms with Crippen molar-refractivity contribution in [2.45, 2.75) is 46.2 Å². The van der Waals surface area contributed by atoms with Crippen molar-refractivity contribution in [3.05, 3.63) is 30.1 Å². The Hall–Kier alpha value is -1.88. The number of benzene rings is 1. The molecule has 5 heteroatoms. The molecule has 2 aromatic rings. The standard InChI is InChI=1S/C16H23N3O2/c1-4-5-10-20-14-8-6-13(7-9-14)16-18-15(19-21-16)11-17-12(2)3/h6-9,12,17H,4-5,10-11H2,1-3H3. The molecular weight excluding hydrogens is 266 g/mol. The van der Waals surface area contributed by atoms with Crippen LogP contribution in [0.4, 0.5) is 0 Å². The van der Waals surface area contributed by atoms with Gasteiger partial charge in [-0.3, -0.25) is 0 Å². The topological polar surface area (TPSA) is 60.2 Å². The maximum atomic E-state index is 5.63. The number of nitrogens with zero attached hydrogens (tertiary/aromatic N) is 2. The molecule has 0 saturated heterocycles. The highest BCUT2D eigenvalue weighted by Crippen LogP contribution is 2.21. The first-order valence-corrected chi connectivity index (χ1v) is 7.48. The van der Waals surface area contributed by atoms with E-state index in [0.29, 0.717) is 24.3 Å². The summed E-state index contributed by atoms with van der Waals surface area (Å²) in [5.74, 6) is 2.08. The Bertz CT molecular complexity index is 535. The number of rotatable bonds is 8. The van der Waals surface area contributed by atoms with Crippen molar-refractivity contribution in [3.63, 3.8) is 0 Å². The van der Waals surface area contributed by atoms with Crippen LogP contribution in [0.25, 0.3) is 11.5 Å². The first-order chi connectivity index (χ1) is 10.2. The molecule has 0 aliphatic rings. The van der Waals surface area contributed by atoms with Gasteiger partial charge in [0.05, 0.1) is 13.2 Å². The van der Waals surface area contributed by atoms with Crippen LogP contribution in [-0.2, 0) is 6.54 Å². The molecule has 1 aromatic carbocycles. The van der Waals surface area contributed by atoms with Gasteiger partial charge in [0, 0.05) is 11.6 Å². The van der Waals surface area contributed by atoms with Gasteiger partial charge in [-0.2, -0.15) is 4.98 Å². The molecule has 2 rings (SSSR count). The Labute approximate surface area is 125 Å². The molecule has 5 nitrogen and oxygen atoms in total. The maximum absolute atomic E-state index is 5.63. The minimum atomic E-state index is 0.395. The van der Waals surface area contributed by atoms with E-state index in [-0.39, 0.29) is 0 Å². The summed E-state index contributed by atoms with van der Waals surface area (Å²) in [6.07, 6.45) is 2.20. The fourth-order valence-electron chi connectivity index (χ4n) is 1.77. The summed E-state index contributed by atoms with van der Waals surface area (Å²) in [5.41, 5.74) is 0.904. The van der Waals surface area contributed by atoms with Crippen molar-refractivity contribution in [1.29, 1.82) is 0 Å². The van der Waals surface area contributed by atoms with E-state index in [0.717, 1.165) is 30.8 Å². The molecule has 0 radical (unpaired) electrons. The van der Waals surface area contributed by atoms with Crippen LogP contribution in [0.2, 0.25) is 0 Å². The van der Waals surface area contributed by atoms with Crippen molar-refractivity contribution in [1.82, 2.24) is 15.5 Å². The van der Waals surface area contributed by atoms with Gasteiger partial charge in [-0.05, 0) is 30.7 Å². The Morgan fingerprint density at radius 3 is 2.67 bits per heavy atom. The average Bonchev–Trinajstić information content (AvgIpc) is 2.95. The molecule has 0 bridgehead atoms. The van der Waals surface area contributed by atoms with Gasteiger partial charge in [0.1, 0.15) is 5.75 Å². The fourth-order valence-corrected chi connectivity index (χ4v) is 1.77. The predicted octanol–water partition coefficient (Wildman–Crippen LogP) is 3.41. The van der Waals surface area contributed by atoms with Crippen LogP contribution in [0.15, 0.2) is 28.8 Å². The molecule has 114 valence electrons. The molecular formula is C16H23N3O2. The average molecular weight is 289 g/mol. The summed E-state index contributed by atoms with van der Waals surface area (Å²) in [5, 5.41) is 7.23. The van der Waals surface area contributed by atoms with Gasteiger partial charge in [0.25, 0.3) is 5.89 Å². The lowest BCUT2D eigenvalue weighted by atomic mass is 10.2. The van der Waals surface area contributed by atoms with Crippen molar-refractivity contribution in [2.75, 3.05) is 6.61 Å². The van der Waals surface area contributed by atoms with Gasteiger partial charge in [0.15, 0.2) is 5.82 Å². The monoisotopic (exact) mass is 289 g/mol. The van der Waals surface area contributed by atoms with Gasteiger partial charge in [0.2, 0.25) is 0 Å². The molecule has 1 aromatic heterocycles. The van der Waals surface area contributed by atoms with Crippen molar-refractivity contribution in [2.24, 2.45) is 0 Å². The third-order valence-corrected chi connectivity index (χ3v) is 3.00. The van der Waals surface area contributed by atoms with E-state index in [1.807, 2.05) is 24.3 Å². The number of aromatic nitrogens is 2. The van der Waals surface area contributed by atoms with E-state index in [2.05, 4.69) is 36.2 Å². The van der Waals surface area contributed by atoms with Crippen LogP contribution in [-0.4, -0.2) is 22.8 Å². The maximum Gasteiger partial charge on any atom is 0.257 e. The molecule has 0 saturated carbocycles. The Kier molecular flexibility index (Phi) is 5.75. The number of hydrogen-bond acceptors (Lipinski definition) is 5. The highest BCUT2D eigenvalue weighted by Gasteiger charge is 2.09. The summed E-state index contributed by atoms with van der Waals surface area (Å²) in [6, 6.07) is 8.14. The van der Waals surface area contributed by atoms with E-state index in [4.69, 9.17) is 9.26 Å². The summed E-state index contributed by atoms with van der Waals surface area (Å²) in [7, 11) is 0. The number of unbranched alkanes of at least 4 members (excludes halogenated alkanes) is 1. The molecule has 0 unspecified atom stereocenters. The highest BCUT2D eigenvalue weighted by molar-refractivity contribution is 5.54. The van der Waals surface area contributed by atoms with Crippen molar-refractivity contribution >= 4 is 0 Å². The van der Waals surface area contributed by atoms with E-state index in [9.17, 15) is 0 Å². The minimum absolute atomic E-state index is 0.395. The Morgan fingerprint density at radius 2 is 2.00 bits per heavy atom. The SMILES string of the molecule is CCCCOc1ccc(-c2nc(CNC(C)C)no2)cc1. The van der Waals surface area contributed by atoms with Gasteiger partial charge < -0.3 is 14.6 Å². The smallest absolute Gasteiger partial charge is 0.257 e. The largest absolute Gasteiger partial charge is 0.494 e. The second-order valence-electron chi connectivity index (χ2n) is 5.28. The zero-order valence-electron chi connectivity index (χ0n) is 12.9. The summed E-state index contributed by atoms with van der Waals surface area (Å²) >= 11 is 0. The minimum Gasteiger partial charge on any atom is -0.494 e. The lowest BCUT2D eigenvalue weighted by Gasteiger charge is -2.05. The Morgan fingerprint density at radius 1 is 1.24 bits per heavy atom. The van der Waals surface area contributed by atoms with E-state index >= 15 is 0 Å². The van der Waals surface area contributed by atoms with E-state index in [1.165, 1.54) is 0 Å².